The predicted molar refractivity (Wildman–Crippen MR) is 73.6 cm³/mol. The normalized spacial score (nSPS) is 7.88. The molecule has 0 amide bonds. The minimum absolute atomic E-state index is 0. The van der Waals surface area contributed by atoms with Crippen molar-refractivity contribution < 1.29 is 103 Å². The molecule has 0 heterocycles. The van der Waals surface area contributed by atoms with Crippen molar-refractivity contribution >= 4 is 58.3 Å². The summed E-state index contributed by atoms with van der Waals surface area (Å²) in [7, 11) is 7.33. The smallest absolute Gasteiger partial charge is 0.410 e. The van der Waals surface area contributed by atoms with Gasteiger partial charge >= 0.3 is 103 Å². The molecule has 10 heteroatoms. The van der Waals surface area contributed by atoms with Crippen LogP contribution < -0.4 is 114 Å². The Kier molecular flexibility index (Phi) is 31.9. The van der Waals surface area contributed by atoms with Crippen molar-refractivity contribution in [1.82, 2.24) is 20.9 Å². The second-order valence-corrected chi connectivity index (χ2v) is 4.74. The minimum Gasteiger partial charge on any atom is -0.410 e. The summed E-state index contributed by atoms with van der Waals surface area (Å²) >= 11 is 18.1. The fourth-order valence-corrected chi connectivity index (χ4v) is 1.10. The van der Waals surface area contributed by atoms with Crippen molar-refractivity contribution in [2.75, 3.05) is 28.2 Å². The fourth-order valence-electron chi connectivity index (χ4n) is 0.365. The van der Waals surface area contributed by atoms with E-state index < -0.39 is 0 Å². The van der Waals surface area contributed by atoms with Crippen molar-refractivity contribution in [2.45, 2.75) is 0 Å². The van der Waals surface area contributed by atoms with Crippen LogP contribution in [0.4, 0.5) is 0 Å². The topological polar surface area (TPSA) is 30.5 Å². The molecule has 0 rings (SSSR count). The van der Waals surface area contributed by atoms with E-state index in [0.29, 0.717) is 8.64 Å². The first-order valence-electron chi connectivity index (χ1n) is 3.55. The molecule has 4 nitrogen and oxygen atoms in total. The van der Waals surface area contributed by atoms with Gasteiger partial charge in [0.2, 0.25) is 0 Å². The molecule has 0 aromatic rings. The Hall–Kier alpha value is 3.41. The molecule has 0 atom stereocenters. The molecule has 16 heavy (non-hydrogen) atoms. The Labute approximate surface area is 205 Å². The van der Waals surface area contributed by atoms with E-state index in [9.17, 15) is 0 Å². The molecular weight excluding hydrogens is 335 g/mol. The Bertz CT molecular complexity index is 171. The van der Waals surface area contributed by atoms with E-state index in [0.717, 1.165) is 0 Å². The molecule has 0 aliphatic heterocycles. The molecule has 2 N–H and O–H groups in total. The van der Waals surface area contributed by atoms with Crippen LogP contribution in [-0.2, 0) is 25.3 Å². The first-order chi connectivity index (χ1) is 6.25. The zero-order valence-corrected chi connectivity index (χ0v) is 20.0. The number of hydrazine groups is 2. The van der Waals surface area contributed by atoms with Crippen molar-refractivity contribution in [1.29, 1.82) is 0 Å². The van der Waals surface area contributed by atoms with Crippen LogP contribution in [0.5, 0.6) is 0 Å². The standard InChI is InChI=1S/2C3H8N2S2.2K/c2*1-5(2)4-3(6)7;;/h2*1-2H3,(H2,4,6,7);;/q;;2*+1/p-2. The second-order valence-electron chi connectivity index (χ2n) is 2.59. The van der Waals surface area contributed by atoms with Crippen LogP contribution in [0.25, 0.3) is 0 Å². The van der Waals surface area contributed by atoms with E-state index in [1.807, 2.05) is 28.2 Å². The van der Waals surface area contributed by atoms with Gasteiger partial charge in [0.05, 0.1) is 0 Å². The SMILES string of the molecule is CN(C)NC(=S)[S-].CN(C)NC(=S)[S-].[K+].[K+]. The Morgan fingerprint density at radius 1 is 0.812 bits per heavy atom. The number of nitrogens with zero attached hydrogens (tertiary/aromatic N) is 2. The summed E-state index contributed by atoms with van der Waals surface area (Å²) in [4.78, 5) is 0. The van der Waals surface area contributed by atoms with E-state index in [2.05, 4.69) is 60.5 Å². The Balaban J connectivity index is -0.0000000800. The Morgan fingerprint density at radius 3 is 1.00 bits per heavy atom. The molecule has 84 valence electrons. The van der Waals surface area contributed by atoms with Crippen LogP contribution >= 0.6 is 24.4 Å². The molecule has 0 saturated heterocycles. The molecular formula is C6H14K2N4S4. The van der Waals surface area contributed by atoms with Gasteiger partial charge in [0, 0.05) is 28.2 Å². The monoisotopic (exact) mass is 348 g/mol. The summed E-state index contributed by atoms with van der Waals surface area (Å²) in [6.45, 7) is 0. The van der Waals surface area contributed by atoms with Gasteiger partial charge in [0.25, 0.3) is 0 Å². The summed E-state index contributed by atoms with van der Waals surface area (Å²) < 4.78 is 0.759. The number of rotatable bonds is 2. The molecule has 0 aromatic heterocycles. The van der Waals surface area contributed by atoms with Gasteiger partial charge in [-0.15, -0.1) is 0 Å². The fraction of sp³-hybridized carbons (Fsp3) is 0.667. The third-order valence-corrected chi connectivity index (χ3v) is 0.995. The minimum atomic E-state index is 0. The molecule has 0 aliphatic rings. The zero-order valence-electron chi connectivity index (χ0n) is 10.5. The molecule has 0 aliphatic carbocycles. The summed E-state index contributed by atoms with van der Waals surface area (Å²) in [5.74, 6) is 0. The molecule has 0 fully saturated rings. The van der Waals surface area contributed by atoms with Gasteiger partial charge in [0.15, 0.2) is 0 Å². The average Bonchev–Trinajstić information content (AvgIpc) is 1.79. The van der Waals surface area contributed by atoms with Crippen LogP contribution in [0.15, 0.2) is 0 Å². The van der Waals surface area contributed by atoms with E-state index in [-0.39, 0.29) is 103 Å². The largest absolute Gasteiger partial charge is 1.00 e. The van der Waals surface area contributed by atoms with Gasteiger partial charge in [-0.1, -0.05) is 0 Å². The number of hydrogen-bond acceptors (Lipinski definition) is 6. The molecule has 0 saturated carbocycles. The molecule has 0 aromatic carbocycles. The summed E-state index contributed by atoms with van der Waals surface area (Å²) in [5, 5.41) is 3.41. The van der Waals surface area contributed by atoms with Crippen LogP contribution in [-0.4, -0.2) is 46.8 Å². The molecule has 0 radical (unpaired) electrons. The first-order valence-corrected chi connectivity index (χ1v) is 5.19. The van der Waals surface area contributed by atoms with Crippen LogP contribution in [0.3, 0.4) is 0 Å². The average molecular weight is 349 g/mol. The maximum absolute atomic E-state index is 4.53. The van der Waals surface area contributed by atoms with Crippen molar-refractivity contribution in [2.24, 2.45) is 0 Å². The van der Waals surface area contributed by atoms with Gasteiger partial charge in [-0.3, -0.25) is 0 Å². The van der Waals surface area contributed by atoms with Crippen molar-refractivity contribution in [3.63, 3.8) is 0 Å². The number of hydrogen-bond donors (Lipinski definition) is 2. The molecule has 0 unspecified atom stereocenters. The molecule has 0 spiro atoms. The van der Waals surface area contributed by atoms with Crippen LogP contribution in [0.2, 0.25) is 0 Å². The van der Waals surface area contributed by atoms with E-state index in [4.69, 9.17) is 0 Å². The van der Waals surface area contributed by atoms with Crippen molar-refractivity contribution in [3.05, 3.63) is 0 Å². The van der Waals surface area contributed by atoms with Crippen LogP contribution in [0, 0.1) is 0 Å². The van der Waals surface area contributed by atoms with E-state index in [1.165, 1.54) is 0 Å². The molecule has 0 bridgehead atoms. The Morgan fingerprint density at radius 2 is 1.00 bits per heavy atom. The zero-order chi connectivity index (χ0) is 11.7. The van der Waals surface area contributed by atoms with Crippen LogP contribution in [0.1, 0.15) is 0 Å². The van der Waals surface area contributed by atoms with Gasteiger partial charge < -0.3 is 60.5 Å². The van der Waals surface area contributed by atoms with Crippen molar-refractivity contribution in [3.8, 4) is 0 Å². The second kappa shape index (κ2) is 18.4. The maximum Gasteiger partial charge on any atom is 1.00 e. The van der Waals surface area contributed by atoms with E-state index in [1.54, 1.807) is 10.0 Å². The summed E-state index contributed by atoms with van der Waals surface area (Å²) in [6.07, 6.45) is 0. The maximum atomic E-state index is 4.53. The van der Waals surface area contributed by atoms with Gasteiger partial charge in [-0.2, -0.15) is 0 Å². The predicted octanol–water partition coefficient (Wildman–Crippen LogP) is -6.22. The summed E-state index contributed by atoms with van der Waals surface area (Å²) in [6, 6.07) is 0. The number of nitrogens with one attached hydrogen (secondary N) is 2. The number of thiocarbonyl (C=S) groups is 2. The quantitative estimate of drug-likeness (QED) is 0.221. The van der Waals surface area contributed by atoms with Gasteiger partial charge in [-0.05, 0) is 8.64 Å². The van der Waals surface area contributed by atoms with Gasteiger partial charge in [-0.25, -0.2) is 10.0 Å². The first kappa shape index (κ1) is 27.7. The van der Waals surface area contributed by atoms with Gasteiger partial charge in [0.1, 0.15) is 0 Å². The summed E-state index contributed by atoms with van der Waals surface area (Å²) in [5.41, 5.74) is 5.37. The third-order valence-electron chi connectivity index (χ3n) is 0.630. The third kappa shape index (κ3) is 36.0. The van der Waals surface area contributed by atoms with E-state index >= 15 is 0 Å².